The lowest BCUT2D eigenvalue weighted by atomic mass is 10.0. The maximum absolute atomic E-state index is 5.92. The van der Waals surface area contributed by atoms with E-state index in [0.717, 1.165) is 23.4 Å². The van der Waals surface area contributed by atoms with Gasteiger partial charge in [-0.2, -0.15) is 0 Å². The van der Waals surface area contributed by atoms with Crippen LogP contribution in [0.15, 0.2) is 23.1 Å². The Bertz CT molecular complexity index is 430. The summed E-state index contributed by atoms with van der Waals surface area (Å²) in [6.07, 6.45) is 1.08. The summed E-state index contributed by atoms with van der Waals surface area (Å²) in [5, 5.41) is 3.60. The highest BCUT2D eigenvalue weighted by Gasteiger charge is 2.16. The molecule has 1 aromatic rings. The summed E-state index contributed by atoms with van der Waals surface area (Å²) in [5.41, 5.74) is 7.97. The van der Waals surface area contributed by atoms with Crippen LogP contribution in [-0.2, 0) is 0 Å². The van der Waals surface area contributed by atoms with Crippen molar-refractivity contribution in [1.82, 2.24) is 0 Å². The Hall–Kier alpha value is -0.740. The first-order valence-corrected chi connectivity index (χ1v) is 8.22. The highest BCUT2D eigenvalue weighted by Crippen LogP contribution is 2.29. The molecule has 0 saturated carbocycles. The lowest BCUT2D eigenvalue weighted by Gasteiger charge is -2.24. The summed E-state index contributed by atoms with van der Waals surface area (Å²) in [4.78, 5) is 1.64. The minimum absolute atomic E-state index is 0.440. The summed E-state index contributed by atoms with van der Waals surface area (Å²) in [6, 6.07) is 6.66. The average Bonchev–Trinajstić information content (AvgIpc) is 2.35. The Morgan fingerprint density at radius 1 is 1.37 bits per heavy atom. The van der Waals surface area contributed by atoms with Crippen molar-refractivity contribution >= 4 is 34.7 Å². The molecular weight excluding hydrogens is 272 g/mol. The van der Waals surface area contributed by atoms with Crippen LogP contribution in [0.4, 0.5) is 5.69 Å². The predicted octanol–water partition coefficient (Wildman–Crippen LogP) is 4.28. The van der Waals surface area contributed by atoms with Crippen LogP contribution < -0.4 is 11.1 Å². The molecule has 106 valence electrons. The van der Waals surface area contributed by atoms with E-state index in [1.165, 1.54) is 4.90 Å². The number of anilines is 1. The summed E-state index contributed by atoms with van der Waals surface area (Å²) in [6.45, 7) is 8.79. The first-order chi connectivity index (χ1) is 9.01. The molecule has 0 heterocycles. The van der Waals surface area contributed by atoms with Gasteiger partial charge in [0.15, 0.2) is 0 Å². The molecule has 2 nitrogen and oxygen atoms in total. The van der Waals surface area contributed by atoms with Crippen LogP contribution in [0.5, 0.6) is 0 Å². The van der Waals surface area contributed by atoms with Crippen molar-refractivity contribution in [3.63, 3.8) is 0 Å². The average molecular weight is 297 g/mol. The molecule has 4 heteroatoms. The van der Waals surface area contributed by atoms with E-state index >= 15 is 0 Å². The van der Waals surface area contributed by atoms with Gasteiger partial charge < -0.3 is 11.1 Å². The van der Waals surface area contributed by atoms with Crippen molar-refractivity contribution < 1.29 is 0 Å². The zero-order valence-electron chi connectivity index (χ0n) is 12.2. The van der Waals surface area contributed by atoms with Crippen LogP contribution >= 0.6 is 24.0 Å². The fourth-order valence-electron chi connectivity index (χ4n) is 2.12. The molecule has 0 aliphatic rings. The maximum atomic E-state index is 5.92. The molecule has 0 amide bonds. The van der Waals surface area contributed by atoms with E-state index in [1.54, 1.807) is 11.8 Å². The lowest BCUT2D eigenvalue weighted by molar-refractivity contribution is 0.511. The molecule has 0 radical (unpaired) electrons. The standard InChI is InChI=1S/C15H24N2S2/c1-5-11(10(3)4)17-12-8-7-9-13(19-6-2)14(12)15(16)18/h7-11,17H,5-6H2,1-4H3,(H2,16,18). The number of benzene rings is 1. The van der Waals surface area contributed by atoms with Crippen LogP contribution in [0.25, 0.3) is 0 Å². The number of nitrogens with one attached hydrogen (secondary N) is 1. The molecule has 3 N–H and O–H groups in total. The van der Waals surface area contributed by atoms with Gasteiger partial charge in [0.05, 0.1) is 0 Å². The smallest absolute Gasteiger partial charge is 0.107 e. The lowest BCUT2D eigenvalue weighted by Crippen LogP contribution is -2.26. The van der Waals surface area contributed by atoms with Gasteiger partial charge >= 0.3 is 0 Å². The predicted molar refractivity (Wildman–Crippen MR) is 91.3 cm³/mol. The molecule has 1 unspecified atom stereocenters. The van der Waals surface area contributed by atoms with Crippen molar-refractivity contribution in [2.45, 2.75) is 45.1 Å². The molecule has 1 rings (SSSR count). The van der Waals surface area contributed by atoms with Gasteiger partial charge in [-0.15, -0.1) is 11.8 Å². The second-order valence-electron chi connectivity index (χ2n) is 4.88. The molecule has 0 aliphatic carbocycles. The van der Waals surface area contributed by atoms with Crippen molar-refractivity contribution in [2.75, 3.05) is 11.1 Å². The third-order valence-electron chi connectivity index (χ3n) is 3.16. The number of thiocarbonyl (C=S) groups is 1. The molecule has 0 aromatic heterocycles. The third kappa shape index (κ3) is 4.39. The van der Waals surface area contributed by atoms with E-state index in [1.807, 2.05) is 0 Å². The highest BCUT2D eigenvalue weighted by molar-refractivity contribution is 7.99. The van der Waals surface area contributed by atoms with Crippen LogP contribution in [0, 0.1) is 5.92 Å². The molecule has 19 heavy (non-hydrogen) atoms. The summed E-state index contributed by atoms with van der Waals surface area (Å²) >= 11 is 7.01. The molecular formula is C15H24N2S2. The zero-order chi connectivity index (χ0) is 14.4. The van der Waals surface area contributed by atoms with E-state index < -0.39 is 0 Å². The quantitative estimate of drug-likeness (QED) is 0.582. The van der Waals surface area contributed by atoms with Crippen molar-refractivity contribution in [3.05, 3.63) is 23.8 Å². The normalized spacial score (nSPS) is 12.5. The molecule has 0 fully saturated rings. The van der Waals surface area contributed by atoms with Gasteiger partial charge in [0.2, 0.25) is 0 Å². The van der Waals surface area contributed by atoms with Crippen molar-refractivity contribution in [1.29, 1.82) is 0 Å². The Morgan fingerprint density at radius 3 is 2.53 bits per heavy atom. The molecule has 0 bridgehead atoms. The van der Waals surface area contributed by atoms with Gasteiger partial charge in [0.25, 0.3) is 0 Å². The number of thioether (sulfide) groups is 1. The Kier molecular flexibility index (Phi) is 6.66. The maximum Gasteiger partial charge on any atom is 0.107 e. The van der Waals surface area contributed by atoms with Crippen LogP contribution in [-0.4, -0.2) is 16.8 Å². The Labute approximate surface area is 126 Å². The van der Waals surface area contributed by atoms with Gasteiger partial charge in [-0.05, 0) is 30.2 Å². The van der Waals surface area contributed by atoms with Crippen molar-refractivity contribution in [3.8, 4) is 0 Å². The SMILES string of the molecule is CCSc1cccc(NC(CC)C(C)C)c1C(N)=S. The molecule has 0 spiro atoms. The minimum Gasteiger partial charge on any atom is -0.389 e. The number of rotatable bonds is 7. The highest BCUT2D eigenvalue weighted by atomic mass is 32.2. The second-order valence-corrected chi connectivity index (χ2v) is 6.62. The summed E-state index contributed by atoms with van der Waals surface area (Å²) in [5.74, 6) is 1.59. The largest absolute Gasteiger partial charge is 0.389 e. The molecule has 1 atom stereocenters. The molecule has 0 saturated heterocycles. The van der Waals surface area contributed by atoms with Gasteiger partial charge in [-0.3, -0.25) is 0 Å². The fourth-order valence-corrected chi connectivity index (χ4v) is 3.26. The monoisotopic (exact) mass is 296 g/mol. The number of hydrogen-bond acceptors (Lipinski definition) is 3. The van der Waals surface area contributed by atoms with Crippen LogP contribution in [0.3, 0.4) is 0 Å². The first kappa shape index (κ1) is 16.3. The van der Waals surface area contributed by atoms with E-state index in [9.17, 15) is 0 Å². The summed E-state index contributed by atoms with van der Waals surface area (Å²) in [7, 11) is 0. The van der Waals surface area contributed by atoms with Gasteiger partial charge in [0, 0.05) is 22.2 Å². The van der Waals surface area contributed by atoms with Crippen LogP contribution in [0.1, 0.15) is 39.7 Å². The zero-order valence-corrected chi connectivity index (χ0v) is 13.8. The van der Waals surface area contributed by atoms with E-state index in [2.05, 4.69) is 51.2 Å². The fraction of sp³-hybridized carbons (Fsp3) is 0.533. The molecule has 1 aromatic carbocycles. The van der Waals surface area contributed by atoms with E-state index in [4.69, 9.17) is 18.0 Å². The first-order valence-electron chi connectivity index (χ1n) is 6.83. The van der Waals surface area contributed by atoms with Crippen molar-refractivity contribution in [2.24, 2.45) is 11.7 Å². The Balaban J connectivity index is 3.12. The molecule has 0 aliphatic heterocycles. The van der Waals surface area contributed by atoms with Crippen LogP contribution in [0.2, 0.25) is 0 Å². The summed E-state index contributed by atoms with van der Waals surface area (Å²) < 4.78 is 0. The van der Waals surface area contributed by atoms with Gasteiger partial charge in [-0.1, -0.05) is 46.0 Å². The van der Waals surface area contributed by atoms with E-state index in [-0.39, 0.29) is 0 Å². The number of hydrogen-bond donors (Lipinski definition) is 2. The number of nitrogens with two attached hydrogens (primary N) is 1. The van der Waals surface area contributed by atoms with E-state index in [0.29, 0.717) is 16.9 Å². The second kappa shape index (κ2) is 7.75. The van der Waals surface area contributed by atoms with Gasteiger partial charge in [0.1, 0.15) is 4.99 Å². The minimum atomic E-state index is 0.440. The van der Waals surface area contributed by atoms with Gasteiger partial charge in [-0.25, -0.2) is 0 Å². The third-order valence-corrected chi connectivity index (χ3v) is 4.30. The topological polar surface area (TPSA) is 38.0 Å². The Morgan fingerprint density at radius 2 is 2.05 bits per heavy atom.